The van der Waals surface area contributed by atoms with Gasteiger partial charge in [0.15, 0.2) is 0 Å². The van der Waals surface area contributed by atoms with E-state index in [-0.39, 0.29) is 6.04 Å². The zero-order valence-electron chi connectivity index (χ0n) is 10.8. The fourth-order valence-electron chi connectivity index (χ4n) is 2.18. The number of halogens is 1. The largest absolute Gasteiger partial charge is 0.307 e. The van der Waals surface area contributed by atoms with Gasteiger partial charge in [0, 0.05) is 5.02 Å². The highest BCUT2D eigenvalue weighted by atomic mass is 35.5. The molecule has 0 aliphatic carbocycles. The average Bonchev–Trinajstić information content (AvgIpc) is 2.40. The molecule has 0 spiro atoms. The highest BCUT2D eigenvalue weighted by Gasteiger charge is 2.14. The van der Waals surface area contributed by atoms with Crippen molar-refractivity contribution in [2.75, 3.05) is 6.54 Å². The quantitative estimate of drug-likeness (QED) is 0.861. The van der Waals surface area contributed by atoms with E-state index in [1.54, 1.807) is 0 Å². The Hall–Kier alpha value is -1.31. The maximum Gasteiger partial charge on any atom is 0.0579 e. The highest BCUT2D eigenvalue weighted by Crippen LogP contribution is 2.27. The summed E-state index contributed by atoms with van der Waals surface area (Å²) in [6.07, 6.45) is 0. The van der Waals surface area contributed by atoms with Gasteiger partial charge in [0.05, 0.1) is 6.04 Å². The molecule has 18 heavy (non-hydrogen) atoms. The zero-order chi connectivity index (χ0) is 13.0. The van der Waals surface area contributed by atoms with Gasteiger partial charge in [-0.25, -0.2) is 0 Å². The number of nitrogens with one attached hydrogen (secondary N) is 1. The molecule has 94 valence electrons. The van der Waals surface area contributed by atoms with Crippen LogP contribution in [0.25, 0.3) is 0 Å². The van der Waals surface area contributed by atoms with Gasteiger partial charge in [-0.2, -0.15) is 0 Å². The first kappa shape index (κ1) is 13.1. The molecule has 0 heterocycles. The van der Waals surface area contributed by atoms with Crippen molar-refractivity contribution in [2.24, 2.45) is 0 Å². The van der Waals surface area contributed by atoms with Crippen LogP contribution in [-0.2, 0) is 0 Å². The Labute approximate surface area is 114 Å². The second-order valence-corrected chi connectivity index (χ2v) is 4.84. The van der Waals surface area contributed by atoms with Gasteiger partial charge in [-0.3, -0.25) is 0 Å². The van der Waals surface area contributed by atoms with Crippen LogP contribution in [0, 0.1) is 6.92 Å². The van der Waals surface area contributed by atoms with Crippen LogP contribution >= 0.6 is 11.6 Å². The predicted octanol–water partition coefficient (Wildman–Crippen LogP) is 4.35. The van der Waals surface area contributed by atoms with E-state index in [9.17, 15) is 0 Å². The highest BCUT2D eigenvalue weighted by molar-refractivity contribution is 6.30. The lowest BCUT2D eigenvalue weighted by Crippen LogP contribution is -2.22. The third-order valence-electron chi connectivity index (χ3n) is 3.09. The molecule has 0 aromatic heterocycles. The van der Waals surface area contributed by atoms with Gasteiger partial charge in [0.25, 0.3) is 0 Å². The van der Waals surface area contributed by atoms with E-state index in [1.807, 2.05) is 12.1 Å². The molecular weight excluding hydrogens is 242 g/mol. The van der Waals surface area contributed by atoms with Gasteiger partial charge in [-0.15, -0.1) is 0 Å². The van der Waals surface area contributed by atoms with E-state index in [0.717, 1.165) is 11.6 Å². The van der Waals surface area contributed by atoms with Crippen molar-refractivity contribution < 1.29 is 0 Å². The lowest BCUT2D eigenvalue weighted by Gasteiger charge is -2.21. The summed E-state index contributed by atoms with van der Waals surface area (Å²) in [4.78, 5) is 0. The van der Waals surface area contributed by atoms with Crippen LogP contribution < -0.4 is 5.32 Å². The topological polar surface area (TPSA) is 12.0 Å². The summed E-state index contributed by atoms with van der Waals surface area (Å²) < 4.78 is 0. The molecule has 0 fully saturated rings. The Morgan fingerprint density at radius 3 is 2.50 bits per heavy atom. The third-order valence-corrected chi connectivity index (χ3v) is 3.33. The van der Waals surface area contributed by atoms with E-state index < -0.39 is 0 Å². The molecule has 0 radical (unpaired) electrons. The van der Waals surface area contributed by atoms with E-state index in [2.05, 4.69) is 55.6 Å². The zero-order valence-corrected chi connectivity index (χ0v) is 11.5. The lowest BCUT2D eigenvalue weighted by molar-refractivity contribution is 0.628. The van der Waals surface area contributed by atoms with Gasteiger partial charge in [0.2, 0.25) is 0 Å². The first-order chi connectivity index (χ1) is 8.72. The first-order valence-electron chi connectivity index (χ1n) is 6.26. The molecular formula is C16H18ClN. The lowest BCUT2D eigenvalue weighted by atomic mass is 9.95. The van der Waals surface area contributed by atoms with Crippen molar-refractivity contribution in [3.63, 3.8) is 0 Å². The number of rotatable bonds is 4. The fourth-order valence-corrected chi connectivity index (χ4v) is 2.36. The maximum absolute atomic E-state index is 6.12. The number of hydrogen-bond donors (Lipinski definition) is 1. The third kappa shape index (κ3) is 2.92. The van der Waals surface area contributed by atoms with Gasteiger partial charge in [-0.1, -0.05) is 54.9 Å². The Balaban J connectivity index is 2.44. The molecule has 0 aliphatic heterocycles. The molecule has 1 nitrogen and oxygen atoms in total. The van der Waals surface area contributed by atoms with Gasteiger partial charge in [-0.05, 0) is 42.3 Å². The van der Waals surface area contributed by atoms with Gasteiger partial charge >= 0.3 is 0 Å². The molecule has 2 aromatic carbocycles. The Kier molecular flexibility index (Phi) is 4.40. The summed E-state index contributed by atoms with van der Waals surface area (Å²) in [7, 11) is 0. The number of benzene rings is 2. The van der Waals surface area contributed by atoms with E-state index in [1.165, 1.54) is 16.7 Å². The molecule has 2 aromatic rings. The van der Waals surface area contributed by atoms with Crippen LogP contribution in [0.15, 0.2) is 48.5 Å². The van der Waals surface area contributed by atoms with E-state index >= 15 is 0 Å². The standard InChI is InChI=1S/C16H18ClN/c1-3-18-16(13-7-5-4-6-8-13)15-11-14(17)10-9-12(15)2/h4-11,16,18H,3H2,1-2H3. The number of hydrogen-bond acceptors (Lipinski definition) is 1. The van der Waals surface area contributed by atoms with Crippen LogP contribution in [0.2, 0.25) is 5.02 Å². The molecule has 2 heteroatoms. The van der Waals surface area contributed by atoms with Crippen molar-refractivity contribution >= 4 is 11.6 Å². The smallest absolute Gasteiger partial charge is 0.0579 e. The molecule has 1 unspecified atom stereocenters. The van der Waals surface area contributed by atoms with Crippen molar-refractivity contribution in [1.82, 2.24) is 5.32 Å². The average molecular weight is 260 g/mol. The monoisotopic (exact) mass is 259 g/mol. The molecule has 0 saturated carbocycles. The molecule has 0 saturated heterocycles. The maximum atomic E-state index is 6.12. The normalized spacial score (nSPS) is 12.4. The van der Waals surface area contributed by atoms with E-state index in [4.69, 9.17) is 11.6 Å². The van der Waals surface area contributed by atoms with Crippen LogP contribution in [-0.4, -0.2) is 6.54 Å². The minimum Gasteiger partial charge on any atom is -0.307 e. The second-order valence-electron chi connectivity index (χ2n) is 4.40. The molecule has 0 bridgehead atoms. The van der Waals surface area contributed by atoms with Crippen LogP contribution in [0.4, 0.5) is 0 Å². The van der Waals surface area contributed by atoms with Crippen LogP contribution in [0.3, 0.4) is 0 Å². The van der Waals surface area contributed by atoms with E-state index in [0.29, 0.717) is 0 Å². The van der Waals surface area contributed by atoms with Crippen LogP contribution in [0.1, 0.15) is 29.7 Å². The summed E-state index contributed by atoms with van der Waals surface area (Å²) in [6.45, 7) is 5.17. The Morgan fingerprint density at radius 2 is 1.83 bits per heavy atom. The molecule has 0 amide bonds. The second kappa shape index (κ2) is 6.03. The summed E-state index contributed by atoms with van der Waals surface area (Å²) in [6, 6.07) is 16.7. The minimum atomic E-state index is 0.204. The van der Waals surface area contributed by atoms with Crippen LogP contribution in [0.5, 0.6) is 0 Å². The van der Waals surface area contributed by atoms with Crippen molar-refractivity contribution in [3.8, 4) is 0 Å². The Bertz CT molecular complexity index is 508. The molecule has 1 N–H and O–H groups in total. The summed E-state index contributed by atoms with van der Waals surface area (Å²) in [5.41, 5.74) is 3.77. The number of aryl methyl sites for hydroxylation is 1. The van der Waals surface area contributed by atoms with Crippen molar-refractivity contribution in [2.45, 2.75) is 19.9 Å². The van der Waals surface area contributed by atoms with Crippen molar-refractivity contribution in [1.29, 1.82) is 0 Å². The summed E-state index contributed by atoms with van der Waals surface area (Å²) in [5.74, 6) is 0. The summed E-state index contributed by atoms with van der Waals surface area (Å²) >= 11 is 6.12. The molecule has 2 rings (SSSR count). The molecule has 0 aliphatic rings. The fraction of sp³-hybridized carbons (Fsp3) is 0.250. The van der Waals surface area contributed by atoms with Gasteiger partial charge < -0.3 is 5.32 Å². The van der Waals surface area contributed by atoms with Gasteiger partial charge in [0.1, 0.15) is 0 Å². The molecule has 1 atom stereocenters. The predicted molar refractivity (Wildman–Crippen MR) is 78.2 cm³/mol. The first-order valence-corrected chi connectivity index (χ1v) is 6.64. The summed E-state index contributed by atoms with van der Waals surface area (Å²) in [5, 5.41) is 4.31. The SMILES string of the molecule is CCNC(c1ccccc1)c1cc(Cl)ccc1C. The minimum absolute atomic E-state index is 0.204. The van der Waals surface area contributed by atoms with Crippen molar-refractivity contribution in [3.05, 3.63) is 70.2 Å². The Morgan fingerprint density at radius 1 is 1.11 bits per heavy atom.